The van der Waals surface area contributed by atoms with Gasteiger partial charge in [-0.2, -0.15) is 0 Å². The molecule has 3 atom stereocenters. The molecule has 3 N–H and O–H groups in total. The second-order valence-electron chi connectivity index (χ2n) is 22.1. The summed E-state index contributed by atoms with van der Waals surface area (Å²) in [6.07, 6.45) is 75.8. The first-order chi connectivity index (χ1) is 35.5. The molecule has 0 heterocycles. The molecule has 0 rings (SSSR count). The predicted octanol–water partition coefficient (Wildman–Crippen LogP) is 19.0. The molecule has 0 spiro atoms. The highest BCUT2D eigenvalue weighted by atomic mass is 31.2. The largest absolute Gasteiger partial charge is 0.472 e. The number of phosphoric acid groups is 1. The molecular weight excluding hydrogens is 924 g/mol. The maximum Gasteiger partial charge on any atom is 0.472 e. The number of likely N-dealkylation sites (N-methyl/N-ethyl adjacent to an activating group) is 1. The molecule has 1 amide bonds. The minimum Gasteiger partial charge on any atom is -0.387 e. The number of carbonyl (C=O) groups excluding carboxylic acids is 1. The minimum atomic E-state index is -4.35. The van der Waals surface area contributed by atoms with Gasteiger partial charge in [0.25, 0.3) is 0 Å². The van der Waals surface area contributed by atoms with Crippen LogP contribution in [0.2, 0.25) is 0 Å². The molecule has 0 aromatic heterocycles. The summed E-state index contributed by atoms with van der Waals surface area (Å²) in [6.45, 7) is 4.73. The van der Waals surface area contributed by atoms with Gasteiger partial charge in [0, 0.05) is 6.42 Å². The quantitative estimate of drug-likeness (QED) is 0.0243. The highest BCUT2D eigenvalue weighted by Gasteiger charge is 2.27. The molecule has 0 bridgehead atoms. The fraction of sp³-hybridized carbons (Fsp3) is 0.797. The van der Waals surface area contributed by atoms with Crippen molar-refractivity contribution in [2.75, 3.05) is 40.9 Å². The normalized spacial score (nSPS) is 14.3. The Morgan fingerprint density at radius 3 is 1.21 bits per heavy atom. The van der Waals surface area contributed by atoms with Crippen LogP contribution in [-0.4, -0.2) is 73.4 Å². The van der Waals surface area contributed by atoms with Gasteiger partial charge in [0.1, 0.15) is 13.2 Å². The number of hydrogen-bond donors (Lipinski definition) is 3. The maximum atomic E-state index is 13.0. The van der Waals surface area contributed by atoms with Crippen LogP contribution in [0.5, 0.6) is 0 Å². The number of allylic oxidation sites excluding steroid dienone is 11. The van der Waals surface area contributed by atoms with Crippen LogP contribution in [0.25, 0.3) is 0 Å². The standard InChI is InChI=1S/C64H119N2O6P/c1-6-8-10-12-14-16-18-20-22-24-26-28-30-32-33-34-36-38-40-42-44-46-48-50-52-54-56-58-64(68)65-62(61-72-73(69,70)71-60-59-66(3,4)5)63(67)57-55-53-51-49-47-45-43-41-39-37-35-31-29-27-25-23-21-19-17-15-13-11-9-7-2/h8,10,14,16,20,22,26,28,32-33,55,57,62-63,67H,6-7,9,11-13,15,17-19,21,23-25,27,29-31,34-54,56,58-61H2,1-5H3,(H-,65,68,69,70)/p+1/b10-8-,16-14-,22-20-,28-26-,33-32-,57-55+. The van der Waals surface area contributed by atoms with Gasteiger partial charge in [-0.1, -0.05) is 279 Å². The number of aliphatic hydroxyl groups excluding tert-OH is 1. The lowest BCUT2D eigenvalue weighted by molar-refractivity contribution is -0.870. The van der Waals surface area contributed by atoms with Gasteiger partial charge in [-0.05, 0) is 64.2 Å². The van der Waals surface area contributed by atoms with E-state index in [1.165, 1.54) is 186 Å². The average molecular weight is 1040 g/mol. The number of quaternary nitrogens is 1. The summed E-state index contributed by atoms with van der Waals surface area (Å²) >= 11 is 0. The van der Waals surface area contributed by atoms with Crippen molar-refractivity contribution in [1.82, 2.24) is 5.32 Å². The van der Waals surface area contributed by atoms with Crippen molar-refractivity contribution in [3.8, 4) is 0 Å². The summed E-state index contributed by atoms with van der Waals surface area (Å²) in [5.74, 6) is -0.180. The highest BCUT2D eigenvalue weighted by molar-refractivity contribution is 7.47. The van der Waals surface area contributed by atoms with Gasteiger partial charge in [0.2, 0.25) is 5.91 Å². The van der Waals surface area contributed by atoms with Crippen LogP contribution in [0.3, 0.4) is 0 Å². The van der Waals surface area contributed by atoms with Gasteiger partial charge < -0.3 is 19.8 Å². The topological polar surface area (TPSA) is 105 Å². The molecule has 426 valence electrons. The van der Waals surface area contributed by atoms with Crippen LogP contribution in [-0.2, 0) is 18.4 Å². The van der Waals surface area contributed by atoms with E-state index < -0.39 is 20.0 Å². The molecule has 0 aromatic rings. The number of nitrogens with one attached hydrogen (secondary N) is 1. The van der Waals surface area contributed by atoms with E-state index in [2.05, 4.69) is 79.9 Å². The molecule has 8 nitrogen and oxygen atoms in total. The monoisotopic (exact) mass is 1040 g/mol. The second kappa shape index (κ2) is 54.7. The zero-order valence-corrected chi connectivity index (χ0v) is 49.5. The number of rotatable bonds is 56. The Bertz CT molecular complexity index is 1420. The molecule has 9 heteroatoms. The molecule has 0 fully saturated rings. The van der Waals surface area contributed by atoms with Gasteiger partial charge in [-0.15, -0.1) is 0 Å². The van der Waals surface area contributed by atoms with Gasteiger partial charge in [0.15, 0.2) is 0 Å². The summed E-state index contributed by atoms with van der Waals surface area (Å²) in [6, 6.07) is -0.853. The Morgan fingerprint density at radius 2 is 0.822 bits per heavy atom. The van der Waals surface area contributed by atoms with Gasteiger partial charge >= 0.3 is 7.82 Å². The molecule has 0 aromatic carbocycles. The third-order valence-corrected chi connectivity index (χ3v) is 14.7. The van der Waals surface area contributed by atoms with Crippen LogP contribution in [0, 0.1) is 0 Å². The van der Waals surface area contributed by atoms with Crippen LogP contribution in [0.4, 0.5) is 0 Å². The van der Waals surface area contributed by atoms with Crippen molar-refractivity contribution >= 4 is 13.7 Å². The van der Waals surface area contributed by atoms with E-state index in [-0.39, 0.29) is 19.1 Å². The van der Waals surface area contributed by atoms with Crippen molar-refractivity contribution in [2.45, 2.75) is 289 Å². The van der Waals surface area contributed by atoms with Crippen LogP contribution >= 0.6 is 7.82 Å². The number of phosphoric ester groups is 1. The summed E-state index contributed by atoms with van der Waals surface area (Å²) in [5, 5.41) is 14.0. The molecule has 0 radical (unpaired) electrons. The minimum absolute atomic E-state index is 0.0588. The number of carbonyl (C=O) groups is 1. The van der Waals surface area contributed by atoms with Crippen molar-refractivity contribution in [1.29, 1.82) is 0 Å². The average Bonchev–Trinajstić information content (AvgIpc) is 3.35. The molecule has 73 heavy (non-hydrogen) atoms. The third kappa shape index (κ3) is 57.5. The smallest absolute Gasteiger partial charge is 0.387 e. The number of amides is 1. The van der Waals surface area contributed by atoms with E-state index in [1.807, 2.05) is 27.2 Å². The first kappa shape index (κ1) is 70.9. The number of hydrogen-bond acceptors (Lipinski definition) is 5. The molecular formula is C64H120N2O6P+. The van der Waals surface area contributed by atoms with E-state index in [9.17, 15) is 19.4 Å². The van der Waals surface area contributed by atoms with Gasteiger partial charge in [-0.3, -0.25) is 13.8 Å². The fourth-order valence-electron chi connectivity index (χ4n) is 8.89. The lowest BCUT2D eigenvalue weighted by Gasteiger charge is -2.25. The Balaban J connectivity index is 4.19. The Kier molecular flexibility index (Phi) is 53.2. The lowest BCUT2D eigenvalue weighted by atomic mass is 10.0. The second-order valence-corrected chi connectivity index (χ2v) is 23.5. The van der Waals surface area contributed by atoms with E-state index in [1.54, 1.807) is 6.08 Å². The van der Waals surface area contributed by atoms with Gasteiger partial charge in [-0.25, -0.2) is 4.57 Å². The lowest BCUT2D eigenvalue weighted by Crippen LogP contribution is -2.45. The molecule has 3 unspecified atom stereocenters. The zero-order chi connectivity index (χ0) is 53.5. The molecule has 0 saturated carbocycles. The van der Waals surface area contributed by atoms with Crippen molar-refractivity contribution in [3.63, 3.8) is 0 Å². The fourth-order valence-corrected chi connectivity index (χ4v) is 9.63. The number of nitrogens with zero attached hydrogens (tertiary/aromatic N) is 1. The first-order valence-corrected chi connectivity index (χ1v) is 32.3. The molecule has 0 aliphatic carbocycles. The SMILES string of the molecule is CC/C=C\C/C=C\C/C=C\C/C=C\C/C=C\CCCCCCCCCCCCCC(=O)NC(COP(=O)(O)OCC[N+](C)(C)C)C(O)/C=C/CCCCCCCCCCCCCCCCCCCCCCCC. The molecule has 0 aliphatic heterocycles. The van der Waals surface area contributed by atoms with Crippen molar-refractivity contribution in [2.24, 2.45) is 0 Å². The Hall–Kier alpha value is -2.06. The summed E-state index contributed by atoms with van der Waals surface area (Å²) in [7, 11) is 1.57. The number of aliphatic hydroxyl groups is 1. The van der Waals surface area contributed by atoms with E-state index >= 15 is 0 Å². The van der Waals surface area contributed by atoms with Gasteiger partial charge in [0.05, 0.1) is 39.9 Å². The van der Waals surface area contributed by atoms with E-state index in [0.717, 1.165) is 70.6 Å². The molecule has 0 aliphatic rings. The van der Waals surface area contributed by atoms with Crippen LogP contribution in [0.1, 0.15) is 277 Å². The third-order valence-electron chi connectivity index (χ3n) is 13.7. The summed E-state index contributed by atoms with van der Waals surface area (Å²) in [5.41, 5.74) is 0. The van der Waals surface area contributed by atoms with E-state index in [0.29, 0.717) is 17.4 Å². The zero-order valence-electron chi connectivity index (χ0n) is 48.6. The Morgan fingerprint density at radius 1 is 0.479 bits per heavy atom. The number of unbranched alkanes of at least 4 members (excludes halogenated alkanes) is 33. The highest BCUT2D eigenvalue weighted by Crippen LogP contribution is 2.43. The van der Waals surface area contributed by atoms with Crippen LogP contribution < -0.4 is 5.32 Å². The van der Waals surface area contributed by atoms with Crippen molar-refractivity contribution in [3.05, 3.63) is 72.9 Å². The Labute approximate surface area is 453 Å². The first-order valence-electron chi connectivity index (χ1n) is 30.8. The summed E-state index contributed by atoms with van der Waals surface area (Å²) < 4.78 is 23.8. The molecule has 0 saturated heterocycles. The van der Waals surface area contributed by atoms with Crippen molar-refractivity contribution < 1.29 is 32.9 Å². The predicted molar refractivity (Wildman–Crippen MR) is 318 cm³/mol. The maximum absolute atomic E-state index is 13.0. The van der Waals surface area contributed by atoms with E-state index in [4.69, 9.17) is 9.05 Å². The summed E-state index contributed by atoms with van der Waals surface area (Å²) in [4.78, 5) is 23.4. The van der Waals surface area contributed by atoms with Crippen LogP contribution in [0.15, 0.2) is 72.9 Å².